The molecule has 10 heteroatoms. The molecule has 0 aliphatic carbocycles. The second kappa shape index (κ2) is 13.2. The summed E-state index contributed by atoms with van der Waals surface area (Å²) < 4.78 is 22.6. The fraction of sp³-hybridized carbons (Fsp3) is 0.370. The molecule has 0 radical (unpaired) electrons. The van der Waals surface area contributed by atoms with E-state index in [0.717, 1.165) is 28.6 Å². The van der Waals surface area contributed by atoms with E-state index < -0.39 is 5.97 Å². The number of carbonyl (C=O) groups is 3. The topological polar surface area (TPSA) is 91.4 Å². The van der Waals surface area contributed by atoms with Crippen LogP contribution in [0.3, 0.4) is 0 Å². The van der Waals surface area contributed by atoms with Crippen LogP contribution in [-0.2, 0) is 14.3 Å². The third-order valence-corrected chi connectivity index (χ3v) is 7.14. The summed E-state index contributed by atoms with van der Waals surface area (Å²) in [6.07, 6.45) is 1.65. The largest absolute Gasteiger partial charge is 0.491 e. The van der Waals surface area contributed by atoms with Crippen molar-refractivity contribution >= 4 is 57.5 Å². The zero-order valence-electron chi connectivity index (χ0n) is 21.5. The number of thioether (sulfide) groups is 1. The molecule has 198 valence electrons. The standard InChI is InChI=1S/C27H30INO7S/c1-6-34-22-13-18(12-20(28)25(22)36-15-24(30)33-5)14-23-26(31)29(27(32)37-23)9-10-35-21-11-17(4)7-8-19(21)16(2)3/h7-8,11-14,16H,6,9-10,15H2,1-5H3/b23-14-. The van der Waals surface area contributed by atoms with Crippen molar-refractivity contribution in [1.29, 1.82) is 0 Å². The van der Waals surface area contributed by atoms with Crippen molar-refractivity contribution in [3.63, 3.8) is 0 Å². The number of esters is 1. The third kappa shape index (κ3) is 7.41. The van der Waals surface area contributed by atoms with Crippen LogP contribution in [0.25, 0.3) is 6.08 Å². The Balaban J connectivity index is 1.73. The number of hydrogen-bond acceptors (Lipinski definition) is 8. The first kappa shape index (κ1) is 28.8. The first-order chi connectivity index (χ1) is 17.6. The lowest BCUT2D eigenvalue weighted by molar-refractivity contribution is -0.143. The average molecular weight is 640 g/mol. The molecule has 1 aliphatic heterocycles. The molecule has 0 aromatic heterocycles. The number of rotatable bonds is 11. The van der Waals surface area contributed by atoms with E-state index in [2.05, 4.69) is 41.2 Å². The predicted octanol–water partition coefficient (Wildman–Crippen LogP) is 5.79. The molecule has 0 saturated carbocycles. The van der Waals surface area contributed by atoms with E-state index in [1.807, 2.05) is 32.0 Å². The van der Waals surface area contributed by atoms with Crippen LogP contribution in [0.4, 0.5) is 4.79 Å². The highest BCUT2D eigenvalue weighted by Crippen LogP contribution is 2.37. The number of aryl methyl sites for hydroxylation is 1. The molecule has 2 amide bonds. The van der Waals surface area contributed by atoms with Crippen molar-refractivity contribution in [3.8, 4) is 17.2 Å². The number of imide groups is 1. The van der Waals surface area contributed by atoms with E-state index >= 15 is 0 Å². The molecule has 0 bridgehead atoms. The molecular weight excluding hydrogens is 609 g/mol. The molecule has 0 atom stereocenters. The number of ether oxygens (including phenoxy) is 4. The van der Waals surface area contributed by atoms with E-state index in [-0.39, 0.29) is 36.8 Å². The van der Waals surface area contributed by atoms with Gasteiger partial charge >= 0.3 is 5.97 Å². The Labute approximate surface area is 234 Å². The van der Waals surface area contributed by atoms with Crippen LogP contribution in [-0.4, -0.2) is 55.5 Å². The molecule has 0 N–H and O–H groups in total. The smallest absolute Gasteiger partial charge is 0.343 e. The molecular formula is C27H30INO7S. The Morgan fingerprint density at radius 1 is 1.11 bits per heavy atom. The fourth-order valence-electron chi connectivity index (χ4n) is 3.60. The monoisotopic (exact) mass is 639 g/mol. The van der Waals surface area contributed by atoms with Crippen molar-refractivity contribution in [2.24, 2.45) is 0 Å². The molecule has 1 fully saturated rings. The summed E-state index contributed by atoms with van der Waals surface area (Å²) in [5.74, 6) is 1.01. The number of carbonyl (C=O) groups excluding carboxylic acids is 3. The summed E-state index contributed by atoms with van der Waals surface area (Å²) in [6.45, 7) is 8.48. The summed E-state index contributed by atoms with van der Waals surface area (Å²) >= 11 is 2.96. The van der Waals surface area contributed by atoms with E-state index in [1.165, 1.54) is 12.0 Å². The van der Waals surface area contributed by atoms with Gasteiger partial charge in [-0.2, -0.15) is 0 Å². The molecule has 3 rings (SSSR count). The van der Waals surface area contributed by atoms with Crippen molar-refractivity contribution in [2.45, 2.75) is 33.6 Å². The second-order valence-electron chi connectivity index (χ2n) is 8.51. The van der Waals surface area contributed by atoms with Gasteiger partial charge in [0.25, 0.3) is 11.1 Å². The Bertz CT molecular complexity index is 1210. The van der Waals surface area contributed by atoms with E-state index in [1.54, 1.807) is 18.2 Å². The molecule has 1 aliphatic rings. The normalized spacial score (nSPS) is 14.5. The average Bonchev–Trinajstić information content (AvgIpc) is 3.10. The number of methoxy groups -OCH3 is 1. The van der Waals surface area contributed by atoms with Crippen LogP contribution in [0.5, 0.6) is 17.2 Å². The van der Waals surface area contributed by atoms with Gasteiger partial charge in [-0.15, -0.1) is 0 Å². The highest BCUT2D eigenvalue weighted by molar-refractivity contribution is 14.1. The van der Waals surface area contributed by atoms with Crippen molar-refractivity contribution < 1.29 is 33.3 Å². The van der Waals surface area contributed by atoms with Crippen molar-refractivity contribution in [2.75, 3.05) is 33.5 Å². The molecule has 0 unspecified atom stereocenters. The zero-order chi connectivity index (χ0) is 27.1. The van der Waals surface area contributed by atoms with Gasteiger partial charge < -0.3 is 18.9 Å². The van der Waals surface area contributed by atoms with Gasteiger partial charge in [-0.25, -0.2) is 4.79 Å². The first-order valence-electron chi connectivity index (χ1n) is 11.8. The molecule has 1 heterocycles. The van der Waals surface area contributed by atoms with Crippen molar-refractivity contribution in [1.82, 2.24) is 4.90 Å². The van der Waals surface area contributed by atoms with Gasteiger partial charge in [0.15, 0.2) is 18.1 Å². The van der Waals surface area contributed by atoms with Crippen LogP contribution >= 0.6 is 34.4 Å². The van der Waals surface area contributed by atoms with Crippen molar-refractivity contribution in [3.05, 3.63) is 55.5 Å². The lowest BCUT2D eigenvalue weighted by Crippen LogP contribution is -2.32. The molecule has 8 nitrogen and oxygen atoms in total. The van der Waals surface area contributed by atoms with Gasteiger partial charge in [0, 0.05) is 0 Å². The summed E-state index contributed by atoms with van der Waals surface area (Å²) in [7, 11) is 1.29. The number of benzene rings is 2. The minimum absolute atomic E-state index is 0.148. The Morgan fingerprint density at radius 2 is 1.86 bits per heavy atom. The fourth-order valence-corrected chi connectivity index (χ4v) is 5.25. The number of amides is 2. The quantitative estimate of drug-likeness (QED) is 0.174. The second-order valence-corrected chi connectivity index (χ2v) is 10.7. The first-order valence-corrected chi connectivity index (χ1v) is 13.7. The summed E-state index contributed by atoms with van der Waals surface area (Å²) in [5.41, 5.74) is 2.83. The van der Waals surface area contributed by atoms with Gasteiger partial charge in [-0.05, 0) is 95.1 Å². The maximum absolute atomic E-state index is 13.0. The molecule has 37 heavy (non-hydrogen) atoms. The van der Waals surface area contributed by atoms with Gasteiger partial charge in [-0.3, -0.25) is 14.5 Å². The van der Waals surface area contributed by atoms with Crippen LogP contribution < -0.4 is 14.2 Å². The van der Waals surface area contributed by atoms with Crippen LogP contribution in [0.2, 0.25) is 0 Å². The van der Waals surface area contributed by atoms with Crippen LogP contribution in [0, 0.1) is 10.5 Å². The molecule has 1 saturated heterocycles. The molecule has 2 aromatic rings. The number of halogens is 1. The minimum atomic E-state index is -0.511. The lowest BCUT2D eigenvalue weighted by atomic mass is 10.0. The van der Waals surface area contributed by atoms with Gasteiger partial charge in [0.2, 0.25) is 0 Å². The highest BCUT2D eigenvalue weighted by atomic mass is 127. The maximum atomic E-state index is 13.0. The number of nitrogens with zero attached hydrogens (tertiary/aromatic N) is 1. The predicted molar refractivity (Wildman–Crippen MR) is 151 cm³/mol. The van der Waals surface area contributed by atoms with E-state index in [0.29, 0.717) is 32.1 Å². The van der Waals surface area contributed by atoms with Gasteiger partial charge in [-0.1, -0.05) is 26.0 Å². The number of hydrogen-bond donors (Lipinski definition) is 0. The van der Waals surface area contributed by atoms with Gasteiger partial charge in [0.05, 0.1) is 28.7 Å². The van der Waals surface area contributed by atoms with E-state index in [4.69, 9.17) is 14.2 Å². The summed E-state index contributed by atoms with van der Waals surface area (Å²) in [6, 6.07) is 9.55. The minimum Gasteiger partial charge on any atom is -0.491 e. The Morgan fingerprint density at radius 3 is 2.54 bits per heavy atom. The van der Waals surface area contributed by atoms with Crippen LogP contribution in [0.1, 0.15) is 43.4 Å². The summed E-state index contributed by atoms with van der Waals surface area (Å²) in [5, 5.41) is -0.342. The zero-order valence-corrected chi connectivity index (χ0v) is 24.4. The Hall–Kier alpha value is -2.73. The third-order valence-electron chi connectivity index (χ3n) is 5.43. The maximum Gasteiger partial charge on any atom is 0.343 e. The van der Waals surface area contributed by atoms with E-state index in [9.17, 15) is 14.4 Å². The molecule has 2 aromatic carbocycles. The lowest BCUT2D eigenvalue weighted by Gasteiger charge is -2.17. The summed E-state index contributed by atoms with van der Waals surface area (Å²) in [4.78, 5) is 38.6. The highest BCUT2D eigenvalue weighted by Gasteiger charge is 2.35. The Kier molecular flexibility index (Phi) is 10.3. The van der Waals surface area contributed by atoms with Gasteiger partial charge in [0.1, 0.15) is 12.4 Å². The molecule has 0 spiro atoms. The van der Waals surface area contributed by atoms with Crippen LogP contribution in [0.15, 0.2) is 35.2 Å². The SMILES string of the molecule is CCOc1cc(/C=C2\SC(=O)N(CCOc3cc(C)ccc3C(C)C)C2=O)cc(I)c1OCC(=O)OC.